The molecule has 1 aromatic carbocycles. The predicted octanol–water partition coefficient (Wildman–Crippen LogP) is 2.82. The third-order valence-corrected chi connectivity index (χ3v) is 4.09. The molecule has 2 aromatic rings. The molecular formula is C16H20Cl2N4O. The van der Waals surface area contributed by atoms with E-state index in [1.165, 1.54) is 0 Å². The molecule has 2 unspecified atom stereocenters. The molecule has 124 valence electrons. The van der Waals surface area contributed by atoms with Crippen LogP contribution in [0, 0.1) is 0 Å². The van der Waals surface area contributed by atoms with E-state index in [1.54, 1.807) is 23.0 Å². The summed E-state index contributed by atoms with van der Waals surface area (Å²) in [5.41, 5.74) is 1.26. The summed E-state index contributed by atoms with van der Waals surface area (Å²) >= 11 is 5.98. The molecule has 2 heterocycles. The third kappa shape index (κ3) is 4.47. The van der Waals surface area contributed by atoms with Crippen molar-refractivity contribution in [2.45, 2.75) is 31.8 Å². The van der Waals surface area contributed by atoms with E-state index in [9.17, 15) is 4.79 Å². The Hall–Kier alpha value is -1.56. The molecule has 0 radical (unpaired) electrons. The number of halogens is 2. The van der Waals surface area contributed by atoms with Gasteiger partial charge in [-0.25, -0.2) is 4.68 Å². The summed E-state index contributed by atoms with van der Waals surface area (Å²) in [7, 11) is 0. The van der Waals surface area contributed by atoms with Gasteiger partial charge in [0.05, 0.1) is 5.69 Å². The number of carbonyl (C=O) groups excluding carboxylic acids is 1. The van der Waals surface area contributed by atoms with E-state index in [4.69, 9.17) is 11.6 Å². The van der Waals surface area contributed by atoms with Crippen LogP contribution in [0.1, 0.15) is 30.3 Å². The van der Waals surface area contributed by atoms with Gasteiger partial charge in [-0.2, -0.15) is 5.10 Å². The number of benzene rings is 1. The summed E-state index contributed by atoms with van der Waals surface area (Å²) in [6.45, 7) is 3.06. The molecule has 0 saturated carbocycles. The van der Waals surface area contributed by atoms with Gasteiger partial charge in [0.1, 0.15) is 0 Å². The Morgan fingerprint density at radius 3 is 3.00 bits per heavy atom. The van der Waals surface area contributed by atoms with E-state index in [2.05, 4.69) is 22.7 Å². The average Bonchev–Trinajstić information content (AvgIpc) is 2.97. The molecule has 7 heteroatoms. The Bertz CT molecular complexity index is 674. The zero-order valence-electron chi connectivity index (χ0n) is 12.8. The van der Waals surface area contributed by atoms with Crippen LogP contribution in [0.25, 0.3) is 5.69 Å². The fourth-order valence-corrected chi connectivity index (χ4v) is 2.91. The van der Waals surface area contributed by atoms with Crippen LogP contribution < -0.4 is 10.6 Å². The SMILES string of the molecule is CC1CC(NC(=O)c2ccn(-c3cccc(Cl)c3)n2)CCN1.Cl. The lowest BCUT2D eigenvalue weighted by atomic mass is 10.0. The molecule has 1 saturated heterocycles. The van der Waals surface area contributed by atoms with Crippen molar-refractivity contribution in [1.82, 2.24) is 20.4 Å². The zero-order chi connectivity index (χ0) is 15.5. The largest absolute Gasteiger partial charge is 0.348 e. The Morgan fingerprint density at radius 1 is 1.43 bits per heavy atom. The number of hydrogen-bond acceptors (Lipinski definition) is 3. The lowest BCUT2D eigenvalue weighted by molar-refractivity contribution is 0.0920. The first kappa shape index (κ1) is 17.8. The van der Waals surface area contributed by atoms with Crippen molar-refractivity contribution in [3.8, 4) is 5.69 Å². The highest BCUT2D eigenvalue weighted by atomic mass is 35.5. The lowest BCUT2D eigenvalue weighted by Crippen LogP contribution is -2.46. The summed E-state index contributed by atoms with van der Waals surface area (Å²) < 4.78 is 1.66. The number of carbonyl (C=O) groups is 1. The van der Waals surface area contributed by atoms with E-state index >= 15 is 0 Å². The highest BCUT2D eigenvalue weighted by Crippen LogP contribution is 2.15. The van der Waals surface area contributed by atoms with Crippen LogP contribution in [0.2, 0.25) is 5.02 Å². The van der Waals surface area contributed by atoms with E-state index in [-0.39, 0.29) is 24.4 Å². The minimum Gasteiger partial charge on any atom is -0.348 e. The summed E-state index contributed by atoms with van der Waals surface area (Å²) in [4.78, 5) is 12.3. The highest BCUT2D eigenvalue weighted by molar-refractivity contribution is 6.30. The molecule has 1 fully saturated rings. The fraction of sp³-hybridized carbons (Fsp3) is 0.375. The number of aromatic nitrogens is 2. The second-order valence-electron chi connectivity index (χ2n) is 5.68. The molecule has 1 amide bonds. The highest BCUT2D eigenvalue weighted by Gasteiger charge is 2.21. The quantitative estimate of drug-likeness (QED) is 0.890. The van der Waals surface area contributed by atoms with Crippen LogP contribution >= 0.6 is 24.0 Å². The second kappa shape index (κ2) is 7.81. The zero-order valence-corrected chi connectivity index (χ0v) is 14.4. The van der Waals surface area contributed by atoms with E-state index in [1.807, 2.05) is 18.2 Å². The standard InChI is InChI=1S/C16H19ClN4O.ClH/c1-11-9-13(5-7-18-11)19-16(22)15-6-8-21(20-15)14-4-2-3-12(17)10-14;/h2-4,6,8,10-11,13,18H,5,7,9H2,1H3,(H,19,22);1H. The minimum absolute atomic E-state index is 0. The van der Waals surface area contributed by atoms with Crippen LogP contribution in [-0.2, 0) is 0 Å². The Balaban J connectivity index is 0.00000192. The van der Waals surface area contributed by atoms with Gasteiger partial charge in [-0.1, -0.05) is 17.7 Å². The normalized spacial score (nSPS) is 20.6. The number of amides is 1. The van der Waals surface area contributed by atoms with Crippen molar-refractivity contribution in [2.24, 2.45) is 0 Å². The van der Waals surface area contributed by atoms with Crippen molar-refractivity contribution in [1.29, 1.82) is 0 Å². The molecule has 3 rings (SSSR count). The van der Waals surface area contributed by atoms with Crippen molar-refractivity contribution in [3.63, 3.8) is 0 Å². The Labute approximate surface area is 146 Å². The van der Waals surface area contributed by atoms with Crippen LogP contribution in [-0.4, -0.2) is 34.3 Å². The molecule has 0 spiro atoms. The topological polar surface area (TPSA) is 59.0 Å². The van der Waals surface area contributed by atoms with Crippen LogP contribution in [0.5, 0.6) is 0 Å². The summed E-state index contributed by atoms with van der Waals surface area (Å²) in [6.07, 6.45) is 3.66. The maximum atomic E-state index is 12.3. The van der Waals surface area contributed by atoms with Crippen LogP contribution in [0.15, 0.2) is 36.5 Å². The number of nitrogens with one attached hydrogen (secondary N) is 2. The van der Waals surface area contributed by atoms with E-state index in [0.29, 0.717) is 16.8 Å². The number of piperidine rings is 1. The molecule has 1 aliphatic heterocycles. The van der Waals surface area contributed by atoms with Gasteiger partial charge in [-0.05, 0) is 50.6 Å². The predicted molar refractivity (Wildman–Crippen MR) is 93.8 cm³/mol. The molecule has 1 aromatic heterocycles. The van der Waals surface area contributed by atoms with Crippen molar-refractivity contribution < 1.29 is 4.79 Å². The monoisotopic (exact) mass is 354 g/mol. The van der Waals surface area contributed by atoms with Gasteiger partial charge in [-0.15, -0.1) is 12.4 Å². The molecule has 2 atom stereocenters. The first-order chi connectivity index (χ1) is 10.6. The number of hydrogen-bond donors (Lipinski definition) is 2. The molecule has 2 N–H and O–H groups in total. The van der Waals surface area contributed by atoms with Crippen molar-refractivity contribution in [3.05, 3.63) is 47.2 Å². The Kier molecular flexibility index (Phi) is 6.04. The first-order valence-electron chi connectivity index (χ1n) is 7.47. The minimum atomic E-state index is -0.125. The van der Waals surface area contributed by atoms with Gasteiger partial charge in [0, 0.05) is 23.3 Å². The van der Waals surface area contributed by atoms with Gasteiger partial charge < -0.3 is 10.6 Å². The summed E-state index contributed by atoms with van der Waals surface area (Å²) in [6, 6.07) is 9.74. The summed E-state index contributed by atoms with van der Waals surface area (Å²) in [5, 5.41) is 11.4. The lowest BCUT2D eigenvalue weighted by Gasteiger charge is -2.28. The van der Waals surface area contributed by atoms with Crippen LogP contribution in [0.4, 0.5) is 0 Å². The van der Waals surface area contributed by atoms with Gasteiger partial charge in [-0.3, -0.25) is 4.79 Å². The maximum absolute atomic E-state index is 12.3. The smallest absolute Gasteiger partial charge is 0.272 e. The van der Waals surface area contributed by atoms with Gasteiger partial charge in [0.25, 0.3) is 5.91 Å². The van der Waals surface area contributed by atoms with E-state index in [0.717, 1.165) is 25.1 Å². The second-order valence-corrected chi connectivity index (χ2v) is 6.11. The fourth-order valence-electron chi connectivity index (χ4n) is 2.73. The van der Waals surface area contributed by atoms with E-state index < -0.39 is 0 Å². The molecule has 5 nitrogen and oxygen atoms in total. The van der Waals surface area contributed by atoms with Gasteiger partial charge in [0.2, 0.25) is 0 Å². The third-order valence-electron chi connectivity index (χ3n) is 3.85. The molecular weight excluding hydrogens is 335 g/mol. The Morgan fingerprint density at radius 2 is 2.26 bits per heavy atom. The first-order valence-corrected chi connectivity index (χ1v) is 7.85. The van der Waals surface area contributed by atoms with Crippen LogP contribution in [0.3, 0.4) is 0 Å². The summed E-state index contributed by atoms with van der Waals surface area (Å²) in [5.74, 6) is -0.125. The molecule has 0 bridgehead atoms. The van der Waals surface area contributed by atoms with Crippen molar-refractivity contribution in [2.75, 3.05) is 6.54 Å². The number of rotatable bonds is 3. The average molecular weight is 355 g/mol. The van der Waals surface area contributed by atoms with Gasteiger partial charge in [0.15, 0.2) is 5.69 Å². The van der Waals surface area contributed by atoms with Gasteiger partial charge >= 0.3 is 0 Å². The molecule has 23 heavy (non-hydrogen) atoms. The molecule has 1 aliphatic rings. The maximum Gasteiger partial charge on any atom is 0.272 e. The number of nitrogens with zero attached hydrogens (tertiary/aromatic N) is 2. The molecule has 0 aliphatic carbocycles. The van der Waals surface area contributed by atoms with Crippen molar-refractivity contribution >= 4 is 29.9 Å².